The standard InChI is InChI=1S/C28H30BrN3O2/c1-19-14-16-32(17-15-19)26-13-12-24(31-27(33)22-8-10-23(29)11-9-22)18-25(26)28(34)30-20(2)21-6-4-3-5-7-21/h3-13,18-20H,14-17H2,1-2H3,(H,30,34)(H,31,33). The molecule has 4 rings (SSSR count). The fraction of sp³-hybridized carbons (Fsp3) is 0.286. The number of amides is 2. The Labute approximate surface area is 209 Å². The Morgan fingerprint density at radius 1 is 0.941 bits per heavy atom. The van der Waals surface area contributed by atoms with Crippen molar-refractivity contribution in [1.82, 2.24) is 5.32 Å². The molecule has 5 nitrogen and oxygen atoms in total. The largest absolute Gasteiger partial charge is 0.371 e. The summed E-state index contributed by atoms with van der Waals surface area (Å²) >= 11 is 3.39. The molecule has 0 bridgehead atoms. The normalized spacial score (nSPS) is 15.0. The predicted molar refractivity (Wildman–Crippen MR) is 141 cm³/mol. The van der Waals surface area contributed by atoms with Crippen LogP contribution < -0.4 is 15.5 Å². The number of nitrogens with zero attached hydrogens (tertiary/aromatic N) is 1. The van der Waals surface area contributed by atoms with Crippen LogP contribution >= 0.6 is 15.9 Å². The van der Waals surface area contributed by atoms with Crippen LogP contribution in [0.5, 0.6) is 0 Å². The fourth-order valence-corrected chi connectivity index (χ4v) is 4.49. The van der Waals surface area contributed by atoms with Gasteiger partial charge in [0, 0.05) is 34.5 Å². The van der Waals surface area contributed by atoms with Crippen LogP contribution in [0.2, 0.25) is 0 Å². The second-order valence-corrected chi connectivity index (χ2v) is 9.88. The lowest BCUT2D eigenvalue weighted by molar-refractivity contribution is 0.0939. The molecule has 1 unspecified atom stereocenters. The lowest BCUT2D eigenvalue weighted by atomic mass is 9.97. The van der Waals surface area contributed by atoms with Crippen molar-refractivity contribution in [1.29, 1.82) is 0 Å². The summed E-state index contributed by atoms with van der Waals surface area (Å²) in [6.45, 7) is 6.09. The van der Waals surface area contributed by atoms with Crippen molar-refractivity contribution in [2.24, 2.45) is 5.92 Å². The monoisotopic (exact) mass is 519 g/mol. The van der Waals surface area contributed by atoms with Crippen LogP contribution in [0.4, 0.5) is 11.4 Å². The van der Waals surface area contributed by atoms with E-state index in [2.05, 4.69) is 38.4 Å². The predicted octanol–water partition coefficient (Wildman–Crippen LogP) is 6.43. The minimum absolute atomic E-state index is 0.135. The van der Waals surface area contributed by atoms with E-state index in [1.54, 1.807) is 18.2 Å². The van der Waals surface area contributed by atoms with E-state index in [1.807, 2.05) is 61.5 Å². The molecule has 3 aromatic carbocycles. The van der Waals surface area contributed by atoms with Gasteiger partial charge in [-0.2, -0.15) is 0 Å². The van der Waals surface area contributed by atoms with Crippen LogP contribution in [0.1, 0.15) is 59.0 Å². The van der Waals surface area contributed by atoms with E-state index in [0.717, 1.165) is 41.7 Å². The van der Waals surface area contributed by atoms with Crippen molar-refractivity contribution in [2.45, 2.75) is 32.7 Å². The van der Waals surface area contributed by atoms with Crippen LogP contribution in [0, 0.1) is 5.92 Å². The average Bonchev–Trinajstić information content (AvgIpc) is 2.85. The Balaban J connectivity index is 1.59. The maximum atomic E-state index is 13.4. The molecule has 1 saturated heterocycles. The Hall–Kier alpha value is -3.12. The summed E-state index contributed by atoms with van der Waals surface area (Å²) in [5.74, 6) is 0.330. The van der Waals surface area contributed by atoms with E-state index in [0.29, 0.717) is 22.7 Å². The van der Waals surface area contributed by atoms with E-state index >= 15 is 0 Å². The topological polar surface area (TPSA) is 61.4 Å². The SMILES string of the molecule is CC1CCN(c2ccc(NC(=O)c3ccc(Br)cc3)cc2C(=O)NC(C)c2ccccc2)CC1. The molecular formula is C28H30BrN3O2. The molecule has 0 saturated carbocycles. The third-order valence-electron chi connectivity index (χ3n) is 6.38. The molecule has 0 aliphatic carbocycles. The number of rotatable bonds is 6. The zero-order chi connectivity index (χ0) is 24.1. The molecule has 176 valence electrons. The van der Waals surface area contributed by atoms with Gasteiger partial charge in [0.1, 0.15) is 0 Å². The van der Waals surface area contributed by atoms with Gasteiger partial charge in [0.05, 0.1) is 11.6 Å². The molecule has 0 radical (unpaired) electrons. The van der Waals surface area contributed by atoms with Gasteiger partial charge >= 0.3 is 0 Å². The highest BCUT2D eigenvalue weighted by Gasteiger charge is 2.23. The smallest absolute Gasteiger partial charge is 0.255 e. The minimum Gasteiger partial charge on any atom is -0.371 e. The number of carbonyl (C=O) groups is 2. The van der Waals surface area contributed by atoms with Crippen LogP contribution in [0.3, 0.4) is 0 Å². The molecule has 1 fully saturated rings. The van der Waals surface area contributed by atoms with E-state index < -0.39 is 0 Å². The molecule has 1 aliphatic rings. The zero-order valence-corrected chi connectivity index (χ0v) is 21.1. The van der Waals surface area contributed by atoms with Gasteiger partial charge in [-0.3, -0.25) is 9.59 Å². The molecule has 3 aromatic rings. The molecule has 1 heterocycles. The third-order valence-corrected chi connectivity index (χ3v) is 6.91. The summed E-state index contributed by atoms with van der Waals surface area (Å²) in [4.78, 5) is 28.5. The van der Waals surface area contributed by atoms with Crippen molar-refractivity contribution in [2.75, 3.05) is 23.3 Å². The number of hydrogen-bond acceptors (Lipinski definition) is 3. The molecular weight excluding hydrogens is 490 g/mol. The quantitative estimate of drug-likeness (QED) is 0.394. The van der Waals surface area contributed by atoms with Gasteiger partial charge in [-0.1, -0.05) is 53.2 Å². The second-order valence-electron chi connectivity index (χ2n) is 8.97. The van der Waals surface area contributed by atoms with Gasteiger partial charge in [-0.25, -0.2) is 0 Å². The molecule has 6 heteroatoms. The zero-order valence-electron chi connectivity index (χ0n) is 19.6. The minimum atomic E-state index is -0.212. The summed E-state index contributed by atoms with van der Waals surface area (Å²) in [6, 6.07) is 22.6. The molecule has 1 atom stereocenters. The van der Waals surface area contributed by atoms with Crippen LogP contribution in [0.15, 0.2) is 77.3 Å². The number of benzene rings is 3. The summed E-state index contributed by atoms with van der Waals surface area (Å²) in [6.07, 6.45) is 2.20. The van der Waals surface area contributed by atoms with Crippen molar-refractivity contribution in [3.05, 3.63) is 94.0 Å². The summed E-state index contributed by atoms with van der Waals surface area (Å²) in [5.41, 5.74) is 3.68. The van der Waals surface area contributed by atoms with Gasteiger partial charge in [0.15, 0.2) is 0 Å². The average molecular weight is 520 g/mol. The van der Waals surface area contributed by atoms with Gasteiger partial charge in [0.25, 0.3) is 11.8 Å². The molecule has 0 spiro atoms. The lowest BCUT2D eigenvalue weighted by Crippen LogP contribution is -2.35. The van der Waals surface area contributed by atoms with E-state index in [4.69, 9.17) is 0 Å². The number of halogens is 1. The highest BCUT2D eigenvalue weighted by molar-refractivity contribution is 9.10. The Bertz CT molecular complexity index is 1140. The van der Waals surface area contributed by atoms with Gasteiger partial charge in [-0.15, -0.1) is 0 Å². The number of carbonyl (C=O) groups excluding carboxylic acids is 2. The second kappa shape index (κ2) is 10.9. The first kappa shape index (κ1) is 24.0. The number of piperidine rings is 1. The van der Waals surface area contributed by atoms with E-state index in [9.17, 15) is 9.59 Å². The van der Waals surface area contributed by atoms with Crippen LogP contribution in [-0.4, -0.2) is 24.9 Å². The lowest BCUT2D eigenvalue weighted by Gasteiger charge is -2.33. The van der Waals surface area contributed by atoms with Crippen LogP contribution in [0.25, 0.3) is 0 Å². The molecule has 2 N–H and O–H groups in total. The van der Waals surface area contributed by atoms with Crippen LogP contribution in [-0.2, 0) is 0 Å². The molecule has 34 heavy (non-hydrogen) atoms. The van der Waals surface area contributed by atoms with Gasteiger partial charge in [0.2, 0.25) is 0 Å². The summed E-state index contributed by atoms with van der Waals surface area (Å²) in [7, 11) is 0. The number of nitrogens with one attached hydrogen (secondary N) is 2. The maximum absolute atomic E-state index is 13.4. The molecule has 0 aromatic heterocycles. The highest BCUT2D eigenvalue weighted by Crippen LogP contribution is 2.29. The number of hydrogen-bond donors (Lipinski definition) is 2. The first-order valence-corrected chi connectivity index (χ1v) is 12.5. The Kier molecular flexibility index (Phi) is 7.68. The first-order chi connectivity index (χ1) is 16.4. The van der Waals surface area contributed by atoms with Gasteiger partial charge in [-0.05, 0) is 73.7 Å². The van der Waals surface area contributed by atoms with Gasteiger partial charge < -0.3 is 15.5 Å². The van der Waals surface area contributed by atoms with E-state index in [-0.39, 0.29) is 17.9 Å². The number of anilines is 2. The fourth-order valence-electron chi connectivity index (χ4n) is 4.22. The summed E-state index contributed by atoms with van der Waals surface area (Å²) < 4.78 is 0.913. The summed E-state index contributed by atoms with van der Waals surface area (Å²) in [5, 5.41) is 6.08. The maximum Gasteiger partial charge on any atom is 0.255 e. The van der Waals surface area contributed by atoms with E-state index in [1.165, 1.54) is 0 Å². The highest BCUT2D eigenvalue weighted by atomic mass is 79.9. The third kappa shape index (κ3) is 5.86. The van der Waals surface area contributed by atoms with Crippen molar-refractivity contribution >= 4 is 39.1 Å². The van der Waals surface area contributed by atoms with Crippen molar-refractivity contribution < 1.29 is 9.59 Å². The first-order valence-electron chi connectivity index (χ1n) is 11.7. The van der Waals surface area contributed by atoms with Crippen molar-refractivity contribution in [3.8, 4) is 0 Å². The molecule has 2 amide bonds. The van der Waals surface area contributed by atoms with Crippen molar-refractivity contribution in [3.63, 3.8) is 0 Å². The Morgan fingerprint density at radius 3 is 2.29 bits per heavy atom. The molecule has 1 aliphatic heterocycles. The Morgan fingerprint density at radius 2 is 1.62 bits per heavy atom.